The number of hydrogen-bond donors (Lipinski definition) is 2. The van der Waals surface area contributed by atoms with Gasteiger partial charge in [-0.1, -0.05) is 28.1 Å². The second-order valence-electron chi connectivity index (χ2n) is 3.66. The van der Waals surface area contributed by atoms with Gasteiger partial charge in [0.25, 0.3) is 0 Å². The first kappa shape index (κ1) is 12.8. The van der Waals surface area contributed by atoms with Crippen molar-refractivity contribution < 1.29 is 0 Å². The number of hydrogen-bond acceptors (Lipinski definition) is 3. The number of nitrogens with two attached hydrogens (primary N) is 1. The molecular weight excluding hydrogens is 348 g/mol. The summed E-state index contributed by atoms with van der Waals surface area (Å²) in [6.07, 6.45) is 1.76. The molecule has 0 radical (unpaired) electrons. The average Bonchev–Trinajstić information content (AvgIpc) is 2.62. The zero-order valence-electron chi connectivity index (χ0n) is 9.19. The summed E-state index contributed by atoms with van der Waals surface area (Å²) in [5.41, 5.74) is 4.88. The third kappa shape index (κ3) is 2.60. The number of aryl methyl sites for hydroxylation is 1. The van der Waals surface area contributed by atoms with Crippen LogP contribution in [0.3, 0.4) is 0 Å². The van der Waals surface area contributed by atoms with E-state index in [9.17, 15) is 0 Å². The van der Waals surface area contributed by atoms with E-state index in [4.69, 9.17) is 5.84 Å². The van der Waals surface area contributed by atoms with Gasteiger partial charge in [-0.15, -0.1) is 0 Å². The zero-order valence-corrected chi connectivity index (χ0v) is 12.4. The van der Waals surface area contributed by atoms with E-state index >= 15 is 0 Å². The number of aromatic nitrogens is 2. The molecule has 17 heavy (non-hydrogen) atoms. The lowest BCUT2D eigenvalue weighted by Gasteiger charge is -2.17. The molecule has 2 rings (SSSR count). The Morgan fingerprint density at radius 1 is 1.41 bits per heavy atom. The maximum atomic E-state index is 5.66. The molecule has 0 spiro atoms. The van der Waals surface area contributed by atoms with Gasteiger partial charge >= 0.3 is 0 Å². The summed E-state index contributed by atoms with van der Waals surface area (Å²) < 4.78 is 3.76. The molecule has 0 bridgehead atoms. The van der Waals surface area contributed by atoms with Crippen molar-refractivity contribution in [2.24, 2.45) is 12.9 Å². The van der Waals surface area contributed by atoms with Crippen LogP contribution in [-0.4, -0.2) is 9.78 Å². The Morgan fingerprint density at radius 2 is 2.18 bits per heavy atom. The molecule has 0 fully saturated rings. The third-order valence-corrected chi connectivity index (χ3v) is 3.66. The largest absolute Gasteiger partial charge is 0.271 e. The first-order valence-electron chi connectivity index (χ1n) is 5.02. The van der Waals surface area contributed by atoms with Crippen molar-refractivity contribution in [3.05, 3.63) is 50.7 Å². The Bertz CT molecular complexity index is 504. The maximum absolute atomic E-state index is 5.66. The van der Waals surface area contributed by atoms with Crippen molar-refractivity contribution in [1.29, 1.82) is 0 Å². The minimum Gasteiger partial charge on any atom is -0.271 e. The SMILES string of the molecule is Cn1ncc(Br)c1C(NN)c1cccc(Br)c1. The molecule has 1 atom stereocenters. The first-order chi connectivity index (χ1) is 8.13. The molecule has 0 aliphatic rings. The van der Waals surface area contributed by atoms with Crippen LogP contribution in [-0.2, 0) is 7.05 Å². The molecule has 0 saturated carbocycles. The summed E-state index contributed by atoms with van der Waals surface area (Å²) >= 11 is 6.94. The van der Waals surface area contributed by atoms with E-state index in [1.54, 1.807) is 10.9 Å². The van der Waals surface area contributed by atoms with Gasteiger partial charge in [-0.05, 0) is 33.6 Å². The molecule has 0 amide bonds. The van der Waals surface area contributed by atoms with Crippen molar-refractivity contribution in [3.63, 3.8) is 0 Å². The second kappa shape index (κ2) is 5.30. The standard InChI is InChI=1S/C11H12Br2N4/c1-17-11(9(13)6-15-17)10(16-14)7-3-2-4-8(12)5-7/h2-6,10,16H,14H2,1H3. The third-order valence-electron chi connectivity index (χ3n) is 2.56. The number of rotatable bonds is 3. The van der Waals surface area contributed by atoms with E-state index in [0.717, 1.165) is 20.2 Å². The highest BCUT2D eigenvalue weighted by Gasteiger charge is 2.19. The minimum absolute atomic E-state index is 0.102. The van der Waals surface area contributed by atoms with Gasteiger partial charge in [-0.2, -0.15) is 5.10 Å². The highest BCUT2D eigenvalue weighted by atomic mass is 79.9. The molecule has 4 nitrogen and oxygen atoms in total. The Hall–Kier alpha value is -0.690. The summed E-state index contributed by atoms with van der Waals surface area (Å²) in [4.78, 5) is 0. The van der Waals surface area contributed by atoms with Gasteiger partial charge in [-0.25, -0.2) is 5.43 Å². The van der Waals surface area contributed by atoms with E-state index < -0.39 is 0 Å². The predicted octanol–water partition coefficient (Wildman–Crippen LogP) is 2.50. The molecular formula is C11H12Br2N4. The fourth-order valence-electron chi connectivity index (χ4n) is 1.76. The van der Waals surface area contributed by atoms with Crippen LogP contribution in [0, 0.1) is 0 Å². The summed E-state index contributed by atoms with van der Waals surface area (Å²) in [5.74, 6) is 5.66. The first-order valence-corrected chi connectivity index (χ1v) is 6.61. The molecule has 2 aromatic rings. The lowest BCUT2D eigenvalue weighted by atomic mass is 10.0. The van der Waals surface area contributed by atoms with Crippen LogP contribution in [0.5, 0.6) is 0 Å². The Labute approximate surface area is 116 Å². The smallest absolute Gasteiger partial charge is 0.0890 e. The van der Waals surface area contributed by atoms with Crippen LogP contribution in [0.4, 0.5) is 0 Å². The van der Waals surface area contributed by atoms with Gasteiger partial charge in [0.1, 0.15) is 0 Å². The zero-order chi connectivity index (χ0) is 12.4. The van der Waals surface area contributed by atoms with E-state index in [0.29, 0.717) is 0 Å². The predicted molar refractivity (Wildman–Crippen MR) is 74.2 cm³/mol. The van der Waals surface area contributed by atoms with Gasteiger partial charge in [0, 0.05) is 11.5 Å². The summed E-state index contributed by atoms with van der Waals surface area (Å²) in [6, 6.07) is 7.91. The van der Waals surface area contributed by atoms with E-state index in [-0.39, 0.29) is 6.04 Å². The molecule has 1 heterocycles. The van der Waals surface area contributed by atoms with Gasteiger partial charge in [-0.3, -0.25) is 10.5 Å². The summed E-state index contributed by atoms with van der Waals surface area (Å²) in [7, 11) is 1.89. The lowest BCUT2D eigenvalue weighted by Crippen LogP contribution is -2.30. The molecule has 0 saturated heterocycles. The van der Waals surface area contributed by atoms with Crippen LogP contribution >= 0.6 is 31.9 Å². The molecule has 6 heteroatoms. The van der Waals surface area contributed by atoms with Crippen molar-refractivity contribution in [2.75, 3.05) is 0 Å². The van der Waals surface area contributed by atoms with Crippen molar-refractivity contribution in [3.8, 4) is 0 Å². The van der Waals surface area contributed by atoms with Crippen molar-refractivity contribution in [2.45, 2.75) is 6.04 Å². The number of benzene rings is 1. The molecule has 1 unspecified atom stereocenters. The number of hydrazine groups is 1. The molecule has 1 aromatic heterocycles. The highest BCUT2D eigenvalue weighted by Crippen LogP contribution is 2.28. The fourth-order valence-corrected chi connectivity index (χ4v) is 2.76. The topological polar surface area (TPSA) is 55.9 Å². The van der Waals surface area contributed by atoms with Crippen LogP contribution in [0.25, 0.3) is 0 Å². The van der Waals surface area contributed by atoms with Gasteiger partial charge < -0.3 is 0 Å². The van der Waals surface area contributed by atoms with Crippen LogP contribution < -0.4 is 11.3 Å². The number of nitrogens with zero attached hydrogens (tertiary/aromatic N) is 2. The van der Waals surface area contributed by atoms with Crippen LogP contribution in [0.2, 0.25) is 0 Å². The van der Waals surface area contributed by atoms with E-state index in [2.05, 4.69) is 42.4 Å². The lowest BCUT2D eigenvalue weighted by molar-refractivity contribution is 0.573. The molecule has 3 N–H and O–H groups in total. The molecule has 90 valence electrons. The maximum Gasteiger partial charge on any atom is 0.0890 e. The van der Waals surface area contributed by atoms with E-state index in [1.807, 2.05) is 31.3 Å². The van der Waals surface area contributed by atoms with Crippen molar-refractivity contribution in [1.82, 2.24) is 15.2 Å². The van der Waals surface area contributed by atoms with Gasteiger partial charge in [0.15, 0.2) is 0 Å². The Balaban J connectivity index is 2.47. The number of nitrogens with one attached hydrogen (secondary N) is 1. The summed E-state index contributed by atoms with van der Waals surface area (Å²) in [6.45, 7) is 0. The Morgan fingerprint density at radius 3 is 2.71 bits per heavy atom. The number of halogens is 2. The van der Waals surface area contributed by atoms with Crippen molar-refractivity contribution >= 4 is 31.9 Å². The highest BCUT2D eigenvalue weighted by molar-refractivity contribution is 9.10. The molecule has 0 aliphatic heterocycles. The molecule has 1 aromatic carbocycles. The van der Waals surface area contributed by atoms with E-state index in [1.165, 1.54) is 0 Å². The molecule has 0 aliphatic carbocycles. The Kier molecular flexibility index (Phi) is 3.98. The van der Waals surface area contributed by atoms with Crippen LogP contribution in [0.15, 0.2) is 39.4 Å². The average molecular weight is 360 g/mol. The second-order valence-corrected chi connectivity index (χ2v) is 5.43. The normalized spacial score (nSPS) is 12.7. The quantitative estimate of drug-likeness (QED) is 0.654. The van der Waals surface area contributed by atoms with Gasteiger partial charge in [0.05, 0.1) is 22.4 Å². The minimum atomic E-state index is -0.102. The van der Waals surface area contributed by atoms with Gasteiger partial charge in [0.2, 0.25) is 0 Å². The van der Waals surface area contributed by atoms with Crippen LogP contribution in [0.1, 0.15) is 17.3 Å². The monoisotopic (exact) mass is 358 g/mol. The fraction of sp³-hybridized carbons (Fsp3) is 0.182. The summed E-state index contributed by atoms with van der Waals surface area (Å²) in [5, 5.41) is 4.20.